The number of hydrogen-bond donors (Lipinski definition) is 1. The van der Waals surface area contributed by atoms with Gasteiger partial charge in [-0.25, -0.2) is 22.0 Å². The van der Waals surface area contributed by atoms with Gasteiger partial charge in [0.15, 0.2) is 24.0 Å². The first-order chi connectivity index (χ1) is 17.2. The van der Waals surface area contributed by atoms with Crippen molar-refractivity contribution in [2.24, 2.45) is 0 Å². The van der Waals surface area contributed by atoms with E-state index in [0.29, 0.717) is 23.6 Å². The number of nitrogens with one attached hydrogen (secondary N) is 1. The summed E-state index contributed by atoms with van der Waals surface area (Å²) in [6.07, 6.45) is 5.96. The van der Waals surface area contributed by atoms with Crippen LogP contribution in [0, 0.1) is 11.6 Å². The fourth-order valence-electron chi connectivity index (χ4n) is 4.27. The van der Waals surface area contributed by atoms with Crippen molar-refractivity contribution < 1.29 is 31.5 Å². The average Bonchev–Trinajstić information content (AvgIpc) is 2.89. The lowest BCUT2D eigenvalue weighted by atomic mass is 9.84. The van der Waals surface area contributed by atoms with Gasteiger partial charge in [-0.15, -0.1) is 0 Å². The van der Waals surface area contributed by atoms with Crippen LogP contribution in [0.2, 0.25) is 0 Å². The summed E-state index contributed by atoms with van der Waals surface area (Å²) in [6, 6.07) is 15.1. The zero-order valence-corrected chi connectivity index (χ0v) is 20.2. The van der Waals surface area contributed by atoms with E-state index in [1.54, 1.807) is 12.1 Å². The predicted octanol–water partition coefficient (Wildman–Crippen LogP) is 5.85. The Morgan fingerprint density at radius 3 is 2.28 bits per heavy atom. The highest BCUT2D eigenvalue weighted by atomic mass is 32.2. The fraction of sp³-hybridized carbons (Fsp3) is 0.259. The number of rotatable bonds is 8. The highest BCUT2D eigenvalue weighted by molar-refractivity contribution is 7.92. The van der Waals surface area contributed by atoms with Gasteiger partial charge in [-0.3, -0.25) is 9.52 Å². The molecule has 0 saturated heterocycles. The highest BCUT2D eigenvalue weighted by Crippen LogP contribution is 2.32. The maximum Gasteiger partial charge on any atom is 0.340 e. The van der Waals surface area contributed by atoms with Gasteiger partial charge in [0, 0.05) is 5.56 Å². The van der Waals surface area contributed by atoms with Crippen LogP contribution in [0.3, 0.4) is 0 Å². The lowest BCUT2D eigenvalue weighted by molar-refractivity contribution is 0.0476. The van der Waals surface area contributed by atoms with Crippen molar-refractivity contribution in [1.29, 1.82) is 0 Å². The molecule has 0 spiro atoms. The van der Waals surface area contributed by atoms with E-state index in [-0.39, 0.29) is 11.3 Å². The normalized spacial score (nSPS) is 14.3. The van der Waals surface area contributed by atoms with Crippen LogP contribution in [0.15, 0.2) is 71.6 Å². The van der Waals surface area contributed by atoms with E-state index in [2.05, 4.69) is 4.72 Å². The Balaban J connectivity index is 1.41. The smallest absolute Gasteiger partial charge is 0.340 e. The maximum absolute atomic E-state index is 13.5. The monoisotopic (exact) mass is 513 g/mol. The van der Waals surface area contributed by atoms with E-state index in [1.807, 2.05) is 12.1 Å². The molecule has 3 aromatic rings. The molecule has 0 aliphatic heterocycles. The number of halogens is 2. The lowest BCUT2D eigenvalue weighted by Crippen LogP contribution is -2.18. The van der Waals surface area contributed by atoms with Gasteiger partial charge in [-0.2, -0.15) is 0 Å². The molecule has 1 aliphatic carbocycles. The number of sulfonamides is 1. The Kier molecular flexibility index (Phi) is 7.79. The van der Waals surface area contributed by atoms with Gasteiger partial charge in [0.05, 0.1) is 16.1 Å². The molecular weight excluding hydrogens is 488 g/mol. The minimum Gasteiger partial charge on any atom is -0.454 e. The van der Waals surface area contributed by atoms with Crippen molar-refractivity contribution in [3.63, 3.8) is 0 Å². The summed E-state index contributed by atoms with van der Waals surface area (Å²) in [5.41, 5.74) is 1.35. The van der Waals surface area contributed by atoms with Gasteiger partial charge in [0.25, 0.3) is 10.0 Å². The quantitative estimate of drug-likeness (QED) is 0.301. The number of carbonyl (C=O) groups excluding carboxylic acids is 2. The average molecular weight is 514 g/mol. The summed E-state index contributed by atoms with van der Waals surface area (Å²) in [6.45, 7) is -0.522. The Bertz CT molecular complexity index is 1370. The molecule has 4 rings (SSSR count). The standard InChI is InChI=1S/C27H25F2NO5S/c28-23-15-14-21(16-24(23)29)36(33,34)30-25-9-5-4-8-22(25)27(32)35-17-26(31)20-12-10-19(11-13-20)18-6-2-1-3-7-18/h4-5,8-16,18,30H,1-3,6-7,17H2. The Hall–Kier alpha value is -3.59. The van der Waals surface area contributed by atoms with Gasteiger partial charge < -0.3 is 4.74 Å². The van der Waals surface area contributed by atoms with E-state index >= 15 is 0 Å². The first-order valence-corrected chi connectivity index (χ1v) is 13.1. The van der Waals surface area contributed by atoms with Crippen molar-refractivity contribution in [3.05, 3.63) is 95.1 Å². The number of ether oxygens (including phenoxy) is 1. The zero-order chi connectivity index (χ0) is 25.7. The molecule has 0 heterocycles. The van der Waals surface area contributed by atoms with Crippen LogP contribution < -0.4 is 4.72 Å². The summed E-state index contributed by atoms with van der Waals surface area (Å²) in [5, 5.41) is 0. The van der Waals surface area contributed by atoms with Gasteiger partial charge in [-0.05, 0) is 54.7 Å². The van der Waals surface area contributed by atoms with Crippen molar-refractivity contribution in [1.82, 2.24) is 0 Å². The van der Waals surface area contributed by atoms with E-state index in [9.17, 15) is 26.8 Å². The number of anilines is 1. The van der Waals surface area contributed by atoms with E-state index in [0.717, 1.165) is 18.9 Å². The van der Waals surface area contributed by atoms with E-state index < -0.39 is 44.9 Å². The molecule has 1 N–H and O–H groups in total. The second kappa shape index (κ2) is 11.0. The number of benzene rings is 3. The van der Waals surface area contributed by atoms with Crippen LogP contribution in [0.25, 0.3) is 0 Å². The predicted molar refractivity (Wildman–Crippen MR) is 130 cm³/mol. The minimum absolute atomic E-state index is 0.128. The van der Waals surface area contributed by atoms with Crippen molar-refractivity contribution >= 4 is 27.5 Å². The molecule has 1 saturated carbocycles. The van der Waals surface area contributed by atoms with E-state index in [1.165, 1.54) is 49.1 Å². The van der Waals surface area contributed by atoms with Crippen molar-refractivity contribution in [2.45, 2.75) is 42.9 Å². The van der Waals surface area contributed by atoms with Crippen LogP contribution in [0.1, 0.15) is 64.3 Å². The van der Waals surface area contributed by atoms with Crippen molar-refractivity contribution in [2.75, 3.05) is 11.3 Å². The maximum atomic E-state index is 13.5. The van der Waals surface area contributed by atoms with Gasteiger partial charge in [0.1, 0.15) is 0 Å². The minimum atomic E-state index is -4.33. The molecule has 3 aromatic carbocycles. The number of Topliss-reactive ketones (excluding diaryl/α,β-unsaturated/α-hetero) is 1. The third kappa shape index (κ3) is 5.96. The first kappa shape index (κ1) is 25.5. The molecule has 0 amide bonds. The molecule has 0 aromatic heterocycles. The number of hydrogen-bond acceptors (Lipinski definition) is 5. The Labute approximate surface area is 208 Å². The number of para-hydroxylation sites is 1. The molecule has 1 fully saturated rings. The topological polar surface area (TPSA) is 89.5 Å². The zero-order valence-electron chi connectivity index (χ0n) is 19.4. The summed E-state index contributed by atoms with van der Waals surface area (Å²) in [7, 11) is -4.33. The second-order valence-electron chi connectivity index (χ2n) is 8.68. The number of esters is 1. The fourth-order valence-corrected chi connectivity index (χ4v) is 5.36. The Morgan fingerprint density at radius 1 is 0.889 bits per heavy atom. The van der Waals surface area contributed by atoms with E-state index in [4.69, 9.17) is 4.74 Å². The third-order valence-electron chi connectivity index (χ3n) is 6.24. The highest BCUT2D eigenvalue weighted by Gasteiger charge is 2.22. The first-order valence-electron chi connectivity index (χ1n) is 11.6. The van der Waals surface area contributed by atoms with Crippen LogP contribution in [-0.2, 0) is 14.8 Å². The summed E-state index contributed by atoms with van der Waals surface area (Å²) < 4.78 is 59.3. The molecule has 9 heteroatoms. The van der Waals surface area contributed by atoms with Crippen molar-refractivity contribution in [3.8, 4) is 0 Å². The Morgan fingerprint density at radius 2 is 1.58 bits per heavy atom. The summed E-state index contributed by atoms with van der Waals surface area (Å²) in [5.74, 6) is -3.31. The molecule has 0 radical (unpaired) electrons. The molecule has 0 bridgehead atoms. The second-order valence-corrected chi connectivity index (χ2v) is 10.4. The van der Waals surface area contributed by atoms with Crippen LogP contribution in [-0.4, -0.2) is 26.8 Å². The van der Waals surface area contributed by atoms with Gasteiger partial charge in [-0.1, -0.05) is 55.7 Å². The largest absolute Gasteiger partial charge is 0.454 e. The lowest BCUT2D eigenvalue weighted by Gasteiger charge is -2.22. The summed E-state index contributed by atoms with van der Waals surface area (Å²) in [4.78, 5) is 24.7. The molecule has 36 heavy (non-hydrogen) atoms. The molecule has 0 atom stereocenters. The number of ketones is 1. The molecular formula is C27H25F2NO5S. The molecule has 0 unspecified atom stereocenters. The van der Waals surface area contributed by atoms with Gasteiger partial charge >= 0.3 is 5.97 Å². The molecule has 6 nitrogen and oxygen atoms in total. The third-order valence-corrected chi connectivity index (χ3v) is 7.60. The van der Waals surface area contributed by atoms with Crippen LogP contribution in [0.4, 0.5) is 14.5 Å². The molecule has 1 aliphatic rings. The number of carbonyl (C=O) groups is 2. The van der Waals surface area contributed by atoms with Gasteiger partial charge in [0.2, 0.25) is 0 Å². The van der Waals surface area contributed by atoms with Crippen LogP contribution >= 0.6 is 0 Å². The molecule has 188 valence electrons. The summed E-state index contributed by atoms with van der Waals surface area (Å²) >= 11 is 0. The SMILES string of the molecule is O=C(COC(=O)c1ccccc1NS(=O)(=O)c1ccc(F)c(F)c1)c1ccc(C2CCCCC2)cc1. The van der Waals surface area contributed by atoms with Crippen LogP contribution in [0.5, 0.6) is 0 Å².